The predicted molar refractivity (Wildman–Crippen MR) is 100 cm³/mol. The Morgan fingerprint density at radius 3 is 2.54 bits per heavy atom. The van der Waals surface area contributed by atoms with Gasteiger partial charge in [-0.2, -0.15) is 23.3 Å². The molecule has 28 heavy (non-hydrogen) atoms. The van der Waals surface area contributed by atoms with Gasteiger partial charge in [-0.15, -0.1) is 0 Å². The van der Waals surface area contributed by atoms with E-state index in [-0.39, 0.29) is 11.3 Å². The second-order valence-electron chi connectivity index (χ2n) is 6.65. The van der Waals surface area contributed by atoms with Crippen LogP contribution in [-0.2, 0) is 6.18 Å². The largest absolute Gasteiger partial charge is 0.417 e. The Labute approximate surface area is 159 Å². The van der Waals surface area contributed by atoms with Crippen molar-refractivity contribution in [1.29, 1.82) is 0 Å². The number of anilines is 3. The van der Waals surface area contributed by atoms with E-state index in [4.69, 9.17) is 0 Å². The van der Waals surface area contributed by atoms with Gasteiger partial charge in [0.2, 0.25) is 5.95 Å². The lowest BCUT2D eigenvalue weighted by Gasteiger charge is -2.29. The molecular weight excluding hydrogens is 369 g/mol. The lowest BCUT2D eigenvalue weighted by molar-refractivity contribution is -0.137. The topological polar surface area (TPSA) is 69.7 Å². The summed E-state index contributed by atoms with van der Waals surface area (Å²) in [5.41, 5.74) is 0.445. The quantitative estimate of drug-likeness (QED) is 0.683. The van der Waals surface area contributed by atoms with Crippen LogP contribution in [0.4, 0.5) is 30.6 Å². The molecule has 0 unspecified atom stereocenters. The maximum Gasteiger partial charge on any atom is 0.417 e. The van der Waals surface area contributed by atoms with Gasteiger partial charge in [0.05, 0.1) is 11.3 Å². The van der Waals surface area contributed by atoms with E-state index in [0.717, 1.165) is 44.1 Å². The highest BCUT2D eigenvalue weighted by Crippen LogP contribution is 2.38. The van der Waals surface area contributed by atoms with Crippen molar-refractivity contribution in [3.8, 4) is 11.3 Å². The lowest BCUT2D eigenvalue weighted by Crippen LogP contribution is -2.29. The summed E-state index contributed by atoms with van der Waals surface area (Å²) in [5.74, 6) is 0.783. The number of aromatic nitrogens is 4. The highest BCUT2D eigenvalue weighted by atomic mass is 19.4. The van der Waals surface area contributed by atoms with Gasteiger partial charge >= 0.3 is 6.18 Å². The van der Waals surface area contributed by atoms with Crippen molar-refractivity contribution in [2.45, 2.75) is 25.4 Å². The van der Waals surface area contributed by atoms with Crippen LogP contribution >= 0.6 is 0 Å². The summed E-state index contributed by atoms with van der Waals surface area (Å²) in [5, 5.41) is 9.43. The van der Waals surface area contributed by atoms with Gasteiger partial charge in [0.25, 0.3) is 0 Å². The summed E-state index contributed by atoms with van der Waals surface area (Å²) in [7, 11) is 0. The number of alkyl halides is 3. The van der Waals surface area contributed by atoms with Crippen LogP contribution in [0.3, 0.4) is 0 Å². The van der Waals surface area contributed by atoms with Crippen molar-refractivity contribution in [3.05, 3.63) is 48.3 Å². The smallest absolute Gasteiger partial charge is 0.371 e. The molecule has 1 aliphatic heterocycles. The number of nitrogens with zero attached hydrogens (tertiary/aromatic N) is 4. The van der Waals surface area contributed by atoms with Crippen LogP contribution in [0.2, 0.25) is 0 Å². The number of hydrogen-bond acceptors (Lipinski definition) is 5. The number of aromatic amines is 1. The third-order valence-corrected chi connectivity index (χ3v) is 4.70. The van der Waals surface area contributed by atoms with E-state index in [1.807, 2.05) is 6.07 Å². The van der Waals surface area contributed by atoms with Crippen molar-refractivity contribution in [1.82, 2.24) is 20.2 Å². The molecule has 0 amide bonds. The minimum atomic E-state index is -4.46. The zero-order valence-corrected chi connectivity index (χ0v) is 15.0. The molecule has 0 aliphatic carbocycles. The van der Waals surface area contributed by atoms with Gasteiger partial charge in [-0.1, -0.05) is 18.2 Å². The van der Waals surface area contributed by atoms with E-state index in [1.54, 1.807) is 12.1 Å². The average molecular weight is 388 g/mol. The second kappa shape index (κ2) is 7.49. The monoisotopic (exact) mass is 388 g/mol. The van der Waals surface area contributed by atoms with E-state index >= 15 is 0 Å². The van der Waals surface area contributed by atoms with Crippen LogP contribution in [0, 0.1) is 0 Å². The Balaban J connectivity index is 1.80. The first-order chi connectivity index (χ1) is 13.5. The summed E-state index contributed by atoms with van der Waals surface area (Å²) < 4.78 is 40.6. The highest BCUT2D eigenvalue weighted by molar-refractivity contribution is 5.72. The van der Waals surface area contributed by atoms with Crippen LogP contribution in [-0.4, -0.2) is 33.3 Å². The van der Waals surface area contributed by atoms with E-state index in [1.165, 1.54) is 18.5 Å². The van der Waals surface area contributed by atoms with Gasteiger partial charge in [-0.05, 0) is 31.4 Å². The Morgan fingerprint density at radius 2 is 1.82 bits per heavy atom. The molecule has 0 atom stereocenters. The Morgan fingerprint density at radius 1 is 1.04 bits per heavy atom. The molecule has 9 heteroatoms. The van der Waals surface area contributed by atoms with E-state index in [2.05, 4.69) is 30.4 Å². The van der Waals surface area contributed by atoms with E-state index in [9.17, 15) is 13.2 Å². The van der Waals surface area contributed by atoms with Gasteiger partial charge in [0.1, 0.15) is 12.1 Å². The summed E-state index contributed by atoms with van der Waals surface area (Å²) in [6.07, 6.45) is 0.159. The minimum absolute atomic E-state index is 0.0504. The van der Waals surface area contributed by atoms with Crippen molar-refractivity contribution >= 4 is 17.5 Å². The third kappa shape index (κ3) is 3.92. The number of piperidine rings is 1. The minimum Gasteiger partial charge on any atom is -0.371 e. The first-order valence-corrected chi connectivity index (χ1v) is 9.07. The molecule has 1 aromatic carbocycles. The maximum absolute atomic E-state index is 13.5. The molecule has 0 radical (unpaired) electrons. The summed E-state index contributed by atoms with van der Waals surface area (Å²) in [4.78, 5) is 10.6. The molecule has 2 aromatic heterocycles. The number of benzene rings is 1. The fourth-order valence-corrected chi connectivity index (χ4v) is 3.39. The molecular formula is C19H19F3N6. The average Bonchev–Trinajstić information content (AvgIpc) is 3.21. The number of H-pyrrole nitrogens is 1. The summed E-state index contributed by atoms with van der Waals surface area (Å²) in [6.45, 7) is 1.73. The number of rotatable bonds is 4. The number of halogens is 3. The molecule has 3 aromatic rings. The summed E-state index contributed by atoms with van der Waals surface area (Å²) in [6, 6.07) is 9.05. The molecule has 146 valence electrons. The molecule has 1 aliphatic rings. The molecule has 0 bridgehead atoms. The SMILES string of the molecule is FC(F)(F)c1ccccc1-c1cc(N2CCCCC2)cc(Nc2ncn[nH]2)n1. The number of nitrogens with one attached hydrogen (secondary N) is 2. The van der Waals surface area contributed by atoms with Crippen LogP contribution in [0.25, 0.3) is 11.3 Å². The molecule has 0 spiro atoms. The predicted octanol–water partition coefficient (Wildman–Crippen LogP) is 4.62. The van der Waals surface area contributed by atoms with Crippen LogP contribution < -0.4 is 10.2 Å². The molecule has 1 fully saturated rings. The maximum atomic E-state index is 13.5. The standard InChI is InChI=1S/C19H19F3N6/c20-19(21,22)15-7-3-2-6-14(15)16-10-13(28-8-4-1-5-9-28)11-17(25-16)26-18-23-12-24-27-18/h2-3,6-7,10-12H,1,4-5,8-9H2,(H2,23,24,25,26,27). The third-order valence-electron chi connectivity index (χ3n) is 4.70. The molecule has 0 saturated carbocycles. The highest BCUT2D eigenvalue weighted by Gasteiger charge is 2.34. The lowest BCUT2D eigenvalue weighted by atomic mass is 10.0. The normalized spacial score (nSPS) is 14.9. The van der Waals surface area contributed by atoms with E-state index in [0.29, 0.717) is 11.8 Å². The van der Waals surface area contributed by atoms with Crippen molar-refractivity contribution in [2.24, 2.45) is 0 Å². The Kier molecular flexibility index (Phi) is 4.89. The number of hydrogen-bond donors (Lipinski definition) is 2. The van der Waals surface area contributed by atoms with Gasteiger partial charge in [-0.25, -0.2) is 10.1 Å². The van der Waals surface area contributed by atoms with Crippen molar-refractivity contribution < 1.29 is 13.2 Å². The molecule has 2 N–H and O–H groups in total. The fourth-order valence-electron chi connectivity index (χ4n) is 3.39. The Hall–Kier alpha value is -3.10. The van der Waals surface area contributed by atoms with Gasteiger partial charge in [0, 0.05) is 30.4 Å². The van der Waals surface area contributed by atoms with E-state index < -0.39 is 11.7 Å². The fraction of sp³-hybridized carbons (Fsp3) is 0.316. The Bertz CT molecular complexity index is 933. The van der Waals surface area contributed by atoms with Crippen LogP contribution in [0.5, 0.6) is 0 Å². The van der Waals surface area contributed by atoms with Crippen molar-refractivity contribution in [3.63, 3.8) is 0 Å². The number of pyridine rings is 1. The molecule has 3 heterocycles. The zero-order chi connectivity index (χ0) is 19.6. The summed E-state index contributed by atoms with van der Waals surface area (Å²) >= 11 is 0. The van der Waals surface area contributed by atoms with Crippen LogP contribution in [0.1, 0.15) is 24.8 Å². The first kappa shape index (κ1) is 18.3. The first-order valence-electron chi connectivity index (χ1n) is 9.07. The molecule has 4 rings (SSSR count). The van der Waals surface area contributed by atoms with Crippen LogP contribution in [0.15, 0.2) is 42.7 Å². The van der Waals surface area contributed by atoms with Gasteiger partial charge in [-0.3, -0.25) is 0 Å². The van der Waals surface area contributed by atoms with Crippen molar-refractivity contribution in [2.75, 3.05) is 23.3 Å². The molecule has 1 saturated heterocycles. The second-order valence-corrected chi connectivity index (χ2v) is 6.65. The molecule has 6 nitrogen and oxygen atoms in total. The van der Waals surface area contributed by atoms with Gasteiger partial charge in [0.15, 0.2) is 0 Å². The zero-order valence-electron chi connectivity index (χ0n) is 15.0. The van der Waals surface area contributed by atoms with Gasteiger partial charge < -0.3 is 10.2 Å².